The van der Waals surface area contributed by atoms with Gasteiger partial charge in [0, 0.05) is 0 Å². The third-order valence-electron chi connectivity index (χ3n) is 3.63. The molecule has 0 aliphatic heterocycles. The van der Waals surface area contributed by atoms with E-state index in [4.69, 9.17) is 16.6 Å². The number of alkyl halides is 1. The molecule has 1 aromatic carbocycles. The summed E-state index contributed by atoms with van der Waals surface area (Å²) in [5.74, 6) is 1.29. The van der Waals surface area contributed by atoms with Crippen LogP contribution in [0.25, 0.3) is 0 Å². The smallest absolute Gasteiger partial charge is 0.0816 e. The van der Waals surface area contributed by atoms with Crippen LogP contribution in [0.15, 0.2) is 41.4 Å². The lowest BCUT2D eigenvalue weighted by Gasteiger charge is -2.16. The van der Waals surface area contributed by atoms with Gasteiger partial charge in [0.15, 0.2) is 0 Å². The number of hydrogen-bond acceptors (Lipinski definition) is 2. The molecule has 116 valence electrons. The fourth-order valence-electron chi connectivity index (χ4n) is 2.44. The zero-order valence-corrected chi connectivity index (χ0v) is 14.4. The van der Waals surface area contributed by atoms with Crippen molar-refractivity contribution in [1.29, 1.82) is 0 Å². The molecule has 0 spiro atoms. The minimum atomic E-state index is 0.418. The van der Waals surface area contributed by atoms with Crippen molar-refractivity contribution in [2.75, 3.05) is 0 Å². The van der Waals surface area contributed by atoms with Crippen LogP contribution in [-0.2, 0) is 5.88 Å². The standard InChI is InChI=1S/C19H23ClN2/c1-13(2)17-9-6-10-18(14(3)4)19(17)21-12-16-8-5-7-15(11-20)22-16/h5-10,12-14H,11H2,1-4H3. The second-order valence-electron chi connectivity index (χ2n) is 6.04. The molecule has 2 rings (SSSR count). The zero-order valence-electron chi connectivity index (χ0n) is 13.7. The van der Waals surface area contributed by atoms with Crippen molar-refractivity contribution in [3.63, 3.8) is 0 Å². The first-order valence-corrected chi connectivity index (χ1v) is 8.25. The first kappa shape index (κ1) is 16.7. The molecule has 0 N–H and O–H groups in total. The van der Waals surface area contributed by atoms with Crippen LogP contribution in [0.3, 0.4) is 0 Å². The minimum Gasteiger partial charge on any atom is -0.254 e. The molecule has 1 heterocycles. The number of aromatic nitrogens is 1. The van der Waals surface area contributed by atoms with Gasteiger partial charge in [-0.2, -0.15) is 0 Å². The van der Waals surface area contributed by atoms with Crippen molar-refractivity contribution >= 4 is 23.5 Å². The minimum absolute atomic E-state index is 0.418. The van der Waals surface area contributed by atoms with Crippen molar-refractivity contribution in [1.82, 2.24) is 4.98 Å². The lowest BCUT2D eigenvalue weighted by Crippen LogP contribution is -1.96. The normalized spacial score (nSPS) is 11.8. The van der Waals surface area contributed by atoms with E-state index in [2.05, 4.69) is 50.9 Å². The van der Waals surface area contributed by atoms with Crippen molar-refractivity contribution in [3.8, 4) is 0 Å². The third kappa shape index (κ3) is 3.95. The highest BCUT2D eigenvalue weighted by Crippen LogP contribution is 2.34. The molecular formula is C19H23ClN2. The Labute approximate surface area is 138 Å². The first-order chi connectivity index (χ1) is 10.5. The average Bonchev–Trinajstić information content (AvgIpc) is 2.52. The fraction of sp³-hybridized carbons (Fsp3) is 0.368. The van der Waals surface area contributed by atoms with E-state index < -0.39 is 0 Å². The van der Waals surface area contributed by atoms with E-state index in [1.54, 1.807) is 0 Å². The van der Waals surface area contributed by atoms with Gasteiger partial charge in [-0.3, -0.25) is 9.98 Å². The van der Waals surface area contributed by atoms with Crippen LogP contribution in [-0.4, -0.2) is 11.2 Å². The Morgan fingerprint density at radius 2 is 1.59 bits per heavy atom. The molecule has 0 atom stereocenters. The van der Waals surface area contributed by atoms with Crippen LogP contribution >= 0.6 is 11.6 Å². The van der Waals surface area contributed by atoms with Gasteiger partial charge < -0.3 is 0 Å². The van der Waals surface area contributed by atoms with E-state index in [1.165, 1.54) is 11.1 Å². The summed E-state index contributed by atoms with van der Waals surface area (Å²) < 4.78 is 0. The van der Waals surface area contributed by atoms with E-state index in [9.17, 15) is 0 Å². The monoisotopic (exact) mass is 314 g/mol. The summed E-state index contributed by atoms with van der Waals surface area (Å²) in [4.78, 5) is 9.24. The molecule has 0 saturated carbocycles. The first-order valence-electron chi connectivity index (χ1n) is 7.71. The molecule has 0 unspecified atom stereocenters. The molecule has 0 aliphatic carbocycles. The quantitative estimate of drug-likeness (QED) is 0.504. The second kappa shape index (κ2) is 7.55. The molecule has 2 aromatic rings. The summed E-state index contributed by atoms with van der Waals surface area (Å²) in [6.45, 7) is 8.80. The maximum absolute atomic E-state index is 5.84. The number of rotatable bonds is 5. The average molecular weight is 315 g/mol. The molecular weight excluding hydrogens is 292 g/mol. The molecule has 1 aromatic heterocycles. The van der Waals surface area contributed by atoms with Crippen LogP contribution in [0.4, 0.5) is 5.69 Å². The third-order valence-corrected chi connectivity index (χ3v) is 3.91. The molecule has 3 heteroatoms. The highest BCUT2D eigenvalue weighted by Gasteiger charge is 2.12. The summed E-state index contributed by atoms with van der Waals surface area (Å²) in [5.41, 5.74) is 5.33. The number of pyridine rings is 1. The Morgan fingerprint density at radius 3 is 2.14 bits per heavy atom. The van der Waals surface area contributed by atoms with Crippen molar-refractivity contribution in [2.24, 2.45) is 4.99 Å². The van der Waals surface area contributed by atoms with Gasteiger partial charge in [0.1, 0.15) is 0 Å². The van der Waals surface area contributed by atoms with Gasteiger partial charge in [-0.25, -0.2) is 0 Å². The van der Waals surface area contributed by atoms with Crippen LogP contribution in [0, 0.1) is 0 Å². The van der Waals surface area contributed by atoms with E-state index in [0.29, 0.717) is 17.7 Å². The van der Waals surface area contributed by atoms with Gasteiger partial charge in [0.25, 0.3) is 0 Å². The Balaban J connectivity index is 2.44. The fourth-order valence-corrected chi connectivity index (χ4v) is 2.58. The van der Waals surface area contributed by atoms with Crippen LogP contribution in [0.2, 0.25) is 0 Å². The number of halogens is 1. The summed E-state index contributed by atoms with van der Waals surface area (Å²) in [5, 5.41) is 0. The summed E-state index contributed by atoms with van der Waals surface area (Å²) in [6.07, 6.45) is 1.84. The Morgan fingerprint density at radius 1 is 1.00 bits per heavy atom. The predicted octanol–water partition coefficient (Wildman–Crippen LogP) is 5.82. The molecule has 2 nitrogen and oxygen atoms in total. The van der Waals surface area contributed by atoms with Gasteiger partial charge in [-0.1, -0.05) is 52.0 Å². The Bertz CT molecular complexity index is 634. The summed E-state index contributed by atoms with van der Waals surface area (Å²) >= 11 is 5.84. The highest BCUT2D eigenvalue weighted by atomic mass is 35.5. The molecule has 0 aliphatic rings. The van der Waals surface area contributed by atoms with E-state index in [1.807, 2.05) is 24.4 Å². The van der Waals surface area contributed by atoms with Gasteiger partial charge in [-0.05, 0) is 35.1 Å². The van der Waals surface area contributed by atoms with E-state index >= 15 is 0 Å². The van der Waals surface area contributed by atoms with Gasteiger partial charge in [0.05, 0.1) is 29.2 Å². The Kier molecular flexibility index (Phi) is 5.73. The number of hydrogen-bond donors (Lipinski definition) is 0. The molecule has 0 saturated heterocycles. The van der Waals surface area contributed by atoms with Crippen LogP contribution < -0.4 is 0 Å². The highest BCUT2D eigenvalue weighted by molar-refractivity contribution is 6.16. The summed E-state index contributed by atoms with van der Waals surface area (Å²) in [7, 11) is 0. The van der Waals surface area contributed by atoms with Gasteiger partial charge in [-0.15, -0.1) is 11.6 Å². The number of aliphatic imine (C=N–C) groups is 1. The SMILES string of the molecule is CC(C)c1cccc(C(C)C)c1N=Cc1cccc(CCl)n1. The number of benzene rings is 1. The van der Waals surface area contributed by atoms with Gasteiger partial charge in [0.2, 0.25) is 0 Å². The summed E-state index contributed by atoms with van der Waals surface area (Å²) in [6, 6.07) is 12.3. The van der Waals surface area contributed by atoms with Crippen molar-refractivity contribution < 1.29 is 0 Å². The largest absolute Gasteiger partial charge is 0.254 e. The van der Waals surface area contributed by atoms with Crippen molar-refractivity contribution in [3.05, 3.63) is 58.9 Å². The number of para-hydroxylation sites is 1. The lowest BCUT2D eigenvalue weighted by molar-refractivity contribution is 0.835. The second-order valence-corrected chi connectivity index (χ2v) is 6.31. The molecule has 0 fully saturated rings. The lowest BCUT2D eigenvalue weighted by atomic mass is 9.93. The maximum atomic E-state index is 5.84. The molecule has 0 radical (unpaired) electrons. The molecule has 0 bridgehead atoms. The van der Waals surface area contributed by atoms with Crippen LogP contribution in [0.5, 0.6) is 0 Å². The molecule has 0 amide bonds. The predicted molar refractivity (Wildman–Crippen MR) is 95.7 cm³/mol. The van der Waals surface area contributed by atoms with Gasteiger partial charge >= 0.3 is 0 Å². The van der Waals surface area contributed by atoms with E-state index in [-0.39, 0.29) is 0 Å². The topological polar surface area (TPSA) is 25.2 Å². The van der Waals surface area contributed by atoms with E-state index in [0.717, 1.165) is 17.1 Å². The maximum Gasteiger partial charge on any atom is 0.0816 e. The zero-order chi connectivity index (χ0) is 16.1. The Hall–Kier alpha value is -1.67. The van der Waals surface area contributed by atoms with Crippen molar-refractivity contribution in [2.45, 2.75) is 45.4 Å². The molecule has 22 heavy (non-hydrogen) atoms. The number of nitrogens with zero attached hydrogens (tertiary/aromatic N) is 2. The van der Waals surface area contributed by atoms with Crippen LogP contribution in [0.1, 0.15) is 62.0 Å².